The summed E-state index contributed by atoms with van der Waals surface area (Å²) in [5, 5.41) is 38.4. The molecule has 0 amide bonds. The summed E-state index contributed by atoms with van der Waals surface area (Å²) in [6.07, 6.45) is -1.50. The molecule has 1 saturated heterocycles. The molecule has 1 fully saturated rings. The number of aliphatic hydroxyl groups is 3. The Bertz CT molecular complexity index is 680. The number of nitrogens with two attached hydrogens (primary N) is 1. The van der Waals surface area contributed by atoms with Gasteiger partial charge in [0.15, 0.2) is 11.5 Å². The Morgan fingerprint density at radius 2 is 2.14 bits per heavy atom. The summed E-state index contributed by atoms with van der Waals surface area (Å²) in [5.74, 6) is 0.121. The summed E-state index contributed by atoms with van der Waals surface area (Å²) in [4.78, 5) is 16.0. The van der Waals surface area contributed by atoms with Crippen LogP contribution in [0.2, 0.25) is 0 Å². The molecule has 0 radical (unpaired) electrons. The van der Waals surface area contributed by atoms with Crippen LogP contribution >= 0.6 is 0 Å². The summed E-state index contributed by atoms with van der Waals surface area (Å²) in [6.45, 7) is -1.06. The van der Waals surface area contributed by atoms with Crippen LogP contribution in [0.5, 0.6) is 0 Å². The van der Waals surface area contributed by atoms with Gasteiger partial charge in [0.25, 0.3) is 0 Å². The summed E-state index contributed by atoms with van der Waals surface area (Å²) >= 11 is 0. The molecule has 4 atom stereocenters. The van der Waals surface area contributed by atoms with Crippen molar-refractivity contribution in [1.82, 2.24) is 19.5 Å². The Balaban J connectivity index is 2.17. The van der Waals surface area contributed by atoms with Crippen molar-refractivity contribution in [3.8, 4) is 0 Å². The van der Waals surface area contributed by atoms with Crippen molar-refractivity contribution in [2.75, 3.05) is 18.9 Å². The van der Waals surface area contributed by atoms with Gasteiger partial charge in [-0.05, 0) is 0 Å². The van der Waals surface area contributed by atoms with Crippen LogP contribution in [0.1, 0.15) is 0 Å². The molecule has 1 aliphatic rings. The highest BCUT2D eigenvalue weighted by Gasteiger charge is 2.56. The maximum absolute atomic E-state index is 10.3. The second-order valence-electron chi connectivity index (χ2n) is 4.94. The van der Waals surface area contributed by atoms with Gasteiger partial charge in [0.1, 0.15) is 36.8 Å². The lowest BCUT2D eigenvalue weighted by Gasteiger charge is -2.32. The van der Waals surface area contributed by atoms with Crippen LogP contribution in [0.15, 0.2) is 12.7 Å². The molecule has 0 spiro atoms. The Morgan fingerprint density at radius 1 is 1.36 bits per heavy atom. The second kappa shape index (κ2) is 5.39. The van der Waals surface area contributed by atoms with Gasteiger partial charge in [-0.15, -0.1) is 0 Å². The summed E-state index contributed by atoms with van der Waals surface area (Å²) in [6, 6.07) is 0. The molecule has 0 saturated carbocycles. The van der Waals surface area contributed by atoms with E-state index in [9.17, 15) is 15.3 Å². The number of anilines is 1. The minimum Gasteiger partial charge on any atom is -0.394 e. The van der Waals surface area contributed by atoms with Crippen LogP contribution in [0.3, 0.4) is 0 Å². The third kappa shape index (κ3) is 1.95. The summed E-state index contributed by atoms with van der Waals surface area (Å²) in [5.41, 5.74) is 4.45. The zero-order valence-electron chi connectivity index (χ0n) is 11.3. The molecule has 0 bridgehead atoms. The molecule has 120 valence electrons. The Labute approximate surface area is 123 Å². The molecule has 11 nitrogen and oxygen atoms in total. The quantitative estimate of drug-likeness (QED) is 0.304. The van der Waals surface area contributed by atoms with Crippen molar-refractivity contribution in [3.63, 3.8) is 0 Å². The van der Waals surface area contributed by atoms with Crippen LogP contribution in [-0.2, 0) is 15.3 Å². The van der Waals surface area contributed by atoms with E-state index in [-0.39, 0.29) is 17.0 Å². The fourth-order valence-corrected chi connectivity index (χ4v) is 2.63. The lowest BCUT2D eigenvalue weighted by molar-refractivity contribution is -0.302. The molecule has 2 aromatic rings. The largest absolute Gasteiger partial charge is 0.394 e. The SMILES string of the molecule is Nc1ncnc2c1ncn2[C@]1(COO)O[C@H](CO)[C@@H](O)[C@H]1O. The first kappa shape index (κ1) is 15.0. The van der Waals surface area contributed by atoms with E-state index in [0.717, 1.165) is 0 Å². The Morgan fingerprint density at radius 3 is 2.77 bits per heavy atom. The van der Waals surface area contributed by atoms with E-state index in [1.807, 2.05) is 0 Å². The fraction of sp³-hybridized carbons (Fsp3) is 0.545. The van der Waals surface area contributed by atoms with Gasteiger partial charge in [0.2, 0.25) is 5.72 Å². The molecule has 6 N–H and O–H groups in total. The topological polar surface area (TPSA) is 169 Å². The van der Waals surface area contributed by atoms with E-state index in [1.54, 1.807) is 0 Å². The monoisotopic (exact) mass is 313 g/mol. The maximum atomic E-state index is 10.3. The molecule has 3 rings (SSSR count). The Kier molecular flexibility index (Phi) is 3.68. The molecule has 1 aliphatic heterocycles. The van der Waals surface area contributed by atoms with E-state index in [4.69, 9.17) is 15.7 Å². The number of aliphatic hydroxyl groups excluding tert-OH is 3. The van der Waals surface area contributed by atoms with Gasteiger partial charge in [-0.2, -0.15) is 0 Å². The van der Waals surface area contributed by atoms with Gasteiger partial charge in [-0.1, -0.05) is 0 Å². The minimum atomic E-state index is -1.73. The smallest absolute Gasteiger partial charge is 0.203 e. The van der Waals surface area contributed by atoms with Crippen LogP contribution in [0.25, 0.3) is 11.2 Å². The van der Waals surface area contributed by atoms with Crippen molar-refractivity contribution >= 4 is 17.0 Å². The number of rotatable bonds is 4. The number of hydrogen-bond donors (Lipinski definition) is 5. The van der Waals surface area contributed by atoms with Crippen molar-refractivity contribution < 1.29 is 30.2 Å². The molecule has 0 aromatic carbocycles. The van der Waals surface area contributed by atoms with E-state index >= 15 is 0 Å². The van der Waals surface area contributed by atoms with Gasteiger partial charge in [-0.25, -0.2) is 19.8 Å². The number of aromatic nitrogens is 4. The third-order valence-corrected chi connectivity index (χ3v) is 3.74. The van der Waals surface area contributed by atoms with Crippen LogP contribution in [0.4, 0.5) is 5.82 Å². The zero-order chi connectivity index (χ0) is 15.9. The maximum Gasteiger partial charge on any atom is 0.203 e. The van der Waals surface area contributed by atoms with E-state index in [2.05, 4.69) is 19.8 Å². The van der Waals surface area contributed by atoms with E-state index in [0.29, 0.717) is 0 Å². The molecule has 3 heterocycles. The van der Waals surface area contributed by atoms with Crippen molar-refractivity contribution in [2.45, 2.75) is 24.0 Å². The van der Waals surface area contributed by atoms with Crippen LogP contribution in [-0.4, -0.2) is 71.6 Å². The molecule has 2 aromatic heterocycles. The van der Waals surface area contributed by atoms with Gasteiger partial charge in [0, 0.05) is 0 Å². The van der Waals surface area contributed by atoms with Gasteiger partial charge in [0.05, 0.1) is 12.9 Å². The van der Waals surface area contributed by atoms with Gasteiger partial charge in [-0.3, -0.25) is 9.82 Å². The molecule has 0 aliphatic carbocycles. The first-order chi connectivity index (χ1) is 10.5. The number of fused-ring (bicyclic) bond motifs is 1. The summed E-state index contributed by atoms with van der Waals surface area (Å²) in [7, 11) is 0. The van der Waals surface area contributed by atoms with E-state index in [1.165, 1.54) is 17.2 Å². The number of imidazole rings is 1. The first-order valence-corrected chi connectivity index (χ1v) is 6.40. The van der Waals surface area contributed by atoms with Crippen molar-refractivity contribution in [3.05, 3.63) is 12.7 Å². The molecule has 22 heavy (non-hydrogen) atoms. The average Bonchev–Trinajstić information content (AvgIpc) is 3.04. The standard InChI is InChI=1S/C11H15N5O6/c12-9-6-10(14-3-13-9)16(4-15-6)11(2-21-20)8(19)7(18)5(1-17)22-11/h3-5,7-8,17-20H,1-2H2,(H2,12,13,14)/t5-,7-,8-,11-/m1/s1. The zero-order valence-corrected chi connectivity index (χ0v) is 11.3. The van der Waals surface area contributed by atoms with Crippen molar-refractivity contribution in [2.24, 2.45) is 0 Å². The van der Waals surface area contributed by atoms with Crippen LogP contribution in [0, 0.1) is 0 Å². The number of ether oxygens (including phenoxy) is 1. The van der Waals surface area contributed by atoms with Gasteiger partial charge < -0.3 is 25.8 Å². The molecule has 0 unspecified atom stereocenters. The van der Waals surface area contributed by atoms with Gasteiger partial charge >= 0.3 is 0 Å². The lowest BCUT2D eigenvalue weighted by atomic mass is 10.0. The number of nitrogen functional groups attached to an aromatic ring is 1. The number of hydrogen-bond acceptors (Lipinski definition) is 10. The minimum absolute atomic E-state index is 0.121. The predicted molar refractivity (Wildman–Crippen MR) is 70.3 cm³/mol. The third-order valence-electron chi connectivity index (χ3n) is 3.74. The average molecular weight is 313 g/mol. The number of nitrogens with zero attached hydrogens (tertiary/aromatic N) is 4. The Hall–Kier alpha value is -1.89. The van der Waals surface area contributed by atoms with Crippen LogP contribution < -0.4 is 5.73 Å². The lowest BCUT2D eigenvalue weighted by Crippen LogP contribution is -2.49. The molecular weight excluding hydrogens is 298 g/mol. The molecule has 11 heteroatoms. The molecular formula is C11H15N5O6. The highest BCUT2D eigenvalue weighted by Crippen LogP contribution is 2.37. The normalized spacial score (nSPS) is 31.9. The van der Waals surface area contributed by atoms with Crippen molar-refractivity contribution in [1.29, 1.82) is 0 Å². The first-order valence-electron chi connectivity index (χ1n) is 6.40. The predicted octanol–water partition coefficient (Wildman–Crippen LogP) is -2.34. The second-order valence-corrected chi connectivity index (χ2v) is 4.94. The highest BCUT2D eigenvalue weighted by molar-refractivity contribution is 5.81. The highest BCUT2D eigenvalue weighted by atomic mass is 17.1. The fourth-order valence-electron chi connectivity index (χ4n) is 2.63. The van der Waals surface area contributed by atoms with E-state index < -0.39 is 37.3 Å². The summed E-state index contributed by atoms with van der Waals surface area (Å²) < 4.78 is 6.82.